The lowest BCUT2D eigenvalue weighted by Gasteiger charge is -2.12. The minimum atomic E-state index is -3.80. The second-order valence-electron chi connectivity index (χ2n) is 7.15. The molecule has 2 heterocycles. The Balaban J connectivity index is 1.32. The van der Waals surface area contributed by atoms with Crippen molar-refractivity contribution in [2.45, 2.75) is 11.3 Å². The molecule has 0 atom stereocenters. The lowest BCUT2D eigenvalue weighted by molar-refractivity contribution is -0.123. The normalized spacial score (nSPS) is 15.0. The highest BCUT2D eigenvalue weighted by Gasteiger charge is 2.35. The summed E-state index contributed by atoms with van der Waals surface area (Å²) in [6.45, 7) is -0.0847. The van der Waals surface area contributed by atoms with Crippen LogP contribution in [0.1, 0.15) is 12.0 Å². The Morgan fingerprint density at radius 1 is 1.09 bits per heavy atom. The maximum atomic E-state index is 12.6. The first-order chi connectivity index (χ1) is 16.7. The predicted octanol–water partition coefficient (Wildman–Crippen LogP) is 4.66. The number of carbonyl (C=O) groups excluding carboxylic acids is 3. The van der Waals surface area contributed by atoms with Gasteiger partial charge in [-0.3, -0.25) is 24.0 Å². The van der Waals surface area contributed by atoms with Gasteiger partial charge in [-0.05, 0) is 59.8 Å². The van der Waals surface area contributed by atoms with E-state index in [1.54, 1.807) is 35.7 Å². The van der Waals surface area contributed by atoms with Gasteiger partial charge in [0.25, 0.3) is 21.2 Å². The lowest BCUT2D eigenvalue weighted by Crippen LogP contribution is -2.31. The second-order valence-corrected chi connectivity index (χ2v) is 11.2. The maximum absolute atomic E-state index is 12.6. The summed E-state index contributed by atoms with van der Waals surface area (Å²) in [7, 11) is -3.80. The summed E-state index contributed by atoms with van der Waals surface area (Å²) in [6, 6.07) is 12.4. The summed E-state index contributed by atoms with van der Waals surface area (Å²) in [5, 5.41) is 4.63. The van der Waals surface area contributed by atoms with E-state index in [2.05, 4.69) is 15.0 Å². The molecule has 0 aliphatic carbocycles. The number of aromatic nitrogens is 1. The second kappa shape index (κ2) is 10.6. The molecular weight excluding hydrogens is 532 g/mol. The highest BCUT2D eigenvalue weighted by Crippen LogP contribution is 2.32. The van der Waals surface area contributed by atoms with Crippen LogP contribution >= 0.6 is 34.7 Å². The third-order valence-corrected chi connectivity index (χ3v) is 8.04. The van der Waals surface area contributed by atoms with Gasteiger partial charge in [-0.25, -0.2) is 13.4 Å². The van der Waals surface area contributed by atoms with Crippen molar-refractivity contribution in [1.29, 1.82) is 0 Å². The monoisotopic (exact) mass is 548 g/mol. The summed E-state index contributed by atoms with van der Waals surface area (Å²) in [6.07, 6.45) is 2.97. The quantitative estimate of drug-likeness (QED) is 0.392. The molecule has 1 saturated heterocycles. The van der Waals surface area contributed by atoms with E-state index in [9.17, 15) is 22.8 Å². The fraction of sp³-hybridized carbons (Fsp3) is 0.0909. The Hall–Kier alpha value is -3.19. The number of nitrogens with zero attached hydrogens (tertiary/aromatic N) is 2. The molecule has 1 aromatic heterocycles. The minimum absolute atomic E-state index is 0.0102. The van der Waals surface area contributed by atoms with Crippen LogP contribution in [0.4, 0.5) is 15.6 Å². The molecule has 35 heavy (non-hydrogen) atoms. The minimum Gasteiger partial charge on any atom is -0.326 e. The van der Waals surface area contributed by atoms with Crippen LogP contribution in [-0.2, 0) is 19.6 Å². The number of imide groups is 1. The summed E-state index contributed by atoms with van der Waals surface area (Å²) >= 11 is 7.82. The third-order valence-electron chi connectivity index (χ3n) is 4.71. The van der Waals surface area contributed by atoms with Crippen molar-refractivity contribution in [3.63, 3.8) is 0 Å². The van der Waals surface area contributed by atoms with Crippen molar-refractivity contribution in [1.82, 2.24) is 9.88 Å². The van der Waals surface area contributed by atoms with Gasteiger partial charge < -0.3 is 5.32 Å². The number of halogens is 1. The fourth-order valence-electron chi connectivity index (χ4n) is 3.01. The van der Waals surface area contributed by atoms with Crippen molar-refractivity contribution in [2.75, 3.05) is 16.6 Å². The number of rotatable bonds is 8. The van der Waals surface area contributed by atoms with E-state index in [0.29, 0.717) is 10.7 Å². The number of amides is 3. The summed E-state index contributed by atoms with van der Waals surface area (Å²) < 4.78 is 27.1. The molecule has 2 N–H and O–H groups in total. The summed E-state index contributed by atoms with van der Waals surface area (Å²) in [5.74, 6) is -0.896. The van der Waals surface area contributed by atoms with Crippen LogP contribution in [0.25, 0.3) is 6.08 Å². The standard InChI is InChI=1S/C22H17ClN4O5S3/c23-15-3-1-14(2-4-15)13-18-20(29)27(22(30)34-18)11-9-19(28)25-16-5-7-17(8-6-16)35(31,32)26-21-24-10-12-33-21/h1-8,10,12-13H,9,11H2,(H,24,26)(H,25,28). The van der Waals surface area contributed by atoms with E-state index in [4.69, 9.17) is 11.6 Å². The van der Waals surface area contributed by atoms with E-state index >= 15 is 0 Å². The average Bonchev–Trinajstić information content (AvgIpc) is 3.41. The van der Waals surface area contributed by atoms with Crippen LogP contribution in [0, 0.1) is 0 Å². The Bertz CT molecular complexity index is 1390. The number of hydrogen-bond acceptors (Lipinski definition) is 8. The molecule has 0 bridgehead atoms. The molecule has 0 spiro atoms. The molecule has 2 aromatic carbocycles. The van der Waals surface area contributed by atoms with Crippen molar-refractivity contribution in [3.8, 4) is 0 Å². The fourth-order valence-corrected chi connectivity index (χ4v) is 5.78. The Morgan fingerprint density at radius 2 is 1.80 bits per heavy atom. The van der Waals surface area contributed by atoms with Crippen molar-refractivity contribution < 1.29 is 22.8 Å². The Kier molecular flexibility index (Phi) is 7.55. The van der Waals surface area contributed by atoms with Crippen molar-refractivity contribution >= 4 is 78.7 Å². The van der Waals surface area contributed by atoms with E-state index in [-0.39, 0.29) is 27.9 Å². The first-order valence-electron chi connectivity index (χ1n) is 10.0. The summed E-state index contributed by atoms with van der Waals surface area (Å²) in [4.78, 5) is 42.4. The van der Waals surface area contributed by atoms with Gasteiger partial charge >= 0.3 is 0 Å². The zero-order valence-corrected chi connectivity index (χ0v) is 21.0. The van der Waals surface area contributed by atoms with Crippen molar-refractivity contribution in [3.05, 3.63) is 75.6 Å². The Morgan fingerprint density at radius 3 is 2.46 bits per heavy atom. The molecule has 1 fully saturated rings. The van der Waals surface area contributed by atoms with Crippen molar-refractivity contribution in [2.24, 2.45) is 0 Å². The maximum Gasteiger partial charge on any atom is 0.293 e. The number of sulfonamides is 1. The van der Waals surface area contributed by atoms with Crippen LogP contribution < -0.4 is 10.0 Å². The van der Waals surface area contributed by atoms with Gasteiger partial charge in [-0.15, -0.1) is 11.3 Å². The number of thiazole rings is 1. The zero-order chi connectivity index (χ0) is 25.0. The van der Waals surface area contributed by atoms with E-state index in [0.717, 1.165) is 33.6 Å². The molecule has 0 unspecified atom stereocenters. The topological polar surface area (TPSA) is 126 Å². The highest BCUT2D eigenvalue weighted by molar-refractivity contribution is 8.18. The molecule has 3 amide bonds. The molecule has 1 aliphatic rings. The molecule has 9 nitrogen and oxygen atoms in total. The number of benzene rings is 2. The SMILES string of the molecule is O=C(CCN1C(=O)SC(=Cc2ccc(Cl)cc2)C1=O)Nc1ccc(S(=O)(=O)Nc2nccs2)cc1. The van der Waals surface area contributed by atoms with Gasteiger partial charge in [0.2, 0.25) is 5.91 Å². The lowest BCUT2D eigenvalue weighted by atomic mass is 10.2. The van der Waals surface area contributed by atoms with Gasteiger partial charge in [-0.2, -0.15) is 0 Å². The van der Waals surface area contributed by atoms with Gasteiger partial charge in [0, 0.05) is 35.3 Å². The summed E-state index contributed by atoms with van der Waals surface area (Å²) in [5.41, 5.74) is 1.10. The average molecular weight is 549 g/mol. The smallest absolute Gasteiger partial charge is 0.293 e. The molecule has 4 rings (SSSR count). The van der Waals surface area contributed by atoms with Crippen LogP contribution in [0.15, 0.2) is 69.9 Å². The number of carbonyl (C=O) groups is 3. The van der Waals surface area contributed by atoms with Crippen LogP contribution in [0.3, 0.4) is 0 Å². The first-order valence-corrected chi connectivity index (χ1v) is 13.6. The predicted molar refractivity (Wildman–Crippen MR) is 137 cm³/mol. The molecule has 13 heteroatoms. The van der Waals surface area contributed by atoms with Crippen LogP contribution in [0.2, 0.25) is 5.02 Å². The molecule has 3 aromatic rings. The number of anilines is 2. The van der Waals surface area contributed by atoms with E-state index in [1.807, 2.05) is 0 Å². The van der Waals surface area contributed by atoms with Gasteiger partial charge in [0.15, 0.2) is 5.13 Å². The van der Waals surface area contributed by atoms with Gasteiger partial charge in [0.1, 0.15) is 0 Å². The van der Waals surface area contributed by atoms with E-state index < -0.39 is 27.1 Å². The van der Waals surface area contributed by atoms with Gasteiger partial charge in [-0.1, -0.05) is 23.7 Å². The third kappa shape index (κ3) is 6.28. The molecule has 180 valence electrons. The highest BCUT2D eigenvalue weighted by atomic mass is 35.5. The van der Waals surface area contributed by atoms with E-state index in [1.165, 1.54) is 30.5 Å². The van der Waals surface area contributed by atoms with Gasteiger partial charge in [0.05, 0.1) is 9.80 Å². The zero-order valence-electron chi connectivity index (χ0n) is 17.8. The Labute approximate surface area is 214 Å². The number of nitrogens with one attached hydrogen (secondary N) is 2. The number of hydrogen-bond donors (Lipinski definition) is 2. The molecular formula is C22H17ClN4O5S3. The largest absolute Gasteiger partial charge is 0.326 e. The first kappa shape index (κ1) is 24.9. The van der Waals surface area contributed by atoms with Crippen LogP contribution in [-0.4, -0.2) is 41.9 Å². The number of thioether (sulfide) groups is 1. The van der Waals surface area contributed by atoms with Crippen LogP contribution in [0.5, 0.6) is 0 Å². The molecule has 0 saturated carbocycles. The molecule has 1 aliphatic heterocycles. The molecule has 0 radical (unpaired) electrons.